The first-order valence-corrected chi connectivity index (χ1v) is 13.3. The second-order valence-electron chi connectivity index (χ2n) is 9.73. The molecular weight excluding hydrogens is 582 g/mol. The highest BCUT2D eigenvalue weighted by molar-refractivity contribution is 6.39. The second-order valence-corrected chi connectivity index (χ2v) is 10.5. The number of aromatic nitrogens is 2. The number of benzene rings is 2. The molecule has 0 fully saturated rings. The number of nitrogens with zero attached hydrogens (tertiary/aromatic N) is 2. The average Bonchev–Trinajstić information content (AvgIpc) is 3.39. The Labute approximate surface area is 241 Å². The lowest BCUT2D eigenvalue weighted by atomic mass is 9.90. The van der Waals surface area contributed by atoms with Gasteiger partial charge in [0.1, 0.15) is 6.04 Å². The molecule has 4 aromatic rings. The number of amides is 1. The molecule has 1 atom stereocenters. The SMILES string of the molecule is Cn1c2c(c(C(F)(F)F)c(-c3ccc(CC(NC(=O)c4c(Cl)cccc4Cl)C(=O)O)c4ncccc34)c1=O)CCC2. The third-order valence-corrected chi connectivity index (χ3v) is 7.92. The lowest BCUT2D eigenvalue weighted by Gasteiger charge is -2.21. The molecule has 0 saturated carbocycles. The Morgan fingerprint density at radius 1 is 1.10 bits per heavy atom. The van der Waals surface area contributed by atoms with Crippen LogP contribution in [-0.2, 0) is 37.3 Å². The maximum absolute atomic E-state index is 14.5. The van der Waals surface area contributed by atoms with E-state index in [1.165, 1.54) is 60.3 Å². The third-order valence-electron chi connectivity index (χ3n) is 7.29. The Hall–Kier alpha value is -3.89. The van der Waals surface area contributed by atoms with E-state index in [9.17, 15) is 32.7 Å². The van der Waals surface area contributed by atoms with E-state index in [0.29, 0.717) is 24.1 Å². The molecule has 2 heterocycles. The number of carbonyl (C=O) groups is 2. The van der Waals surface area contributed by atoms with Gasteiger partial charge in [-0.15, -0.1) is 0 Å². The van der Waals surface area contributed by atoms with Crippen LogP contribution in [0.3, 0.4) is 0 Å². The number of halogens is 5. The highest BCUT2D eigenvalue weighted by Gasteiger charge is 2.41. The average molecular weight is 604 g/mol. The highest BCUT2D eigenvalue weighted by Crippen LogP contribution is 2.43. The first-order chi connectivity index (χ1) is 19.4. The number of aliphatic carboxylic acids is 1. The monoisotopic (exact) mass is 603 g/mol. The lowest BCUT2D eigenvalue weighted by molar-refractivity contribution is -0.139. The Morgan fingerprint density at radius 3 is 2.46 bits per heavy atom. The highest BCUT2D eigenvalue weighted by atomic mass is 35.5. The van der Waals surface area contributed by atoms with Gasteiger partial charge >= 0.3 is 12.1 Å². The van der Waals surface area contributed by atoms with Crippen LogP contribution in [-0.4, -0.2) is 32.6 Å². The Kier molecular flexibility index (Phi) is 7.56. The summed E-state index contributed by atoms with van der Waals surface area (Å²) in [6, 6.07) is 8.82. The normalized spacial score (nSPS) is 13.7. The molecule has 1 aliphatic rings. The number of carboxylic acids is 1. The van der Waals surface area contributed by atoms with Crippen molar-refractivity contribution in [2.75, 3.05) is 0 Å². The molecule has 5 rings (SSSR count). The summed E-state index contributed by atoms with van der Waals surface area (Å²) in [6.45, 7) is 0. The summed E-state index contributed by atoms with van der Waals surface area (Å²) in [5.41, 5.74) is -1.20. The summed E-state index contributed by atoms with van der Waals surface area (Å²) in [5.74, 6) is -2.17. The van der Waals surface area contributed by atoms with E-state index in [1.807, 2.05) is 0 Å². The number of carboxylic acid groups (broad SMARTS) is 1. The van der Waals surface area contributed by atoms with Crippen LogP contribution in [0.2, 0.25) is 10.0 Å². The molecule has 7 nitrogen and oxygen atoms in total. The van der Waals surface area contributed by atoms with Crippen LogP contribution in [0, 0.1) is 0 Å². The third kappa shape index (κ3) is 5.17. The molecule has 0 aliphatic heterocycles. The maximum atomic E-state index is 14.5. The van der Waals surface area contributed by atoms with Crippen LogP contribution in [0.1, 0.15) is 39.2 Å². The summed E-state index contributed by atoms with van der Waals surface area (Å²) in [7, 11) is 1.47. The quantitative estimate of drug-likeness (QED) is 0.288. The van der Waals surface area contributed by atoms with E-state index in [4.69, 9.17) is 23.2 Å². The lowest BCUT2D eigenvalue weighted by Crippen LogP contribution is -2.42. The van der Waals surface area contributed by atoms with E-state index in [-0.39, 0.29) is 50.5 Å². The van der Waals surface area contributed by atoms with E-state index in [1.54, 1.807) is 0 Å². The van der Waals surface area contributed by atoms with Crippen molar-refractivity contribution in [2.45, 2.75) is 37.9 Å². The first-order valence-electron chi connectivity index (χ1n) is 12.6. The van der Waals surface area contributed by atoms with Gasteiger partial charge < -0.3 is 15.0 Å². The summed E-state index contributed by atoms with van der Waals surface area (Å²) in [4.78, 5) is 42.7. The Bertz CT molecular complexity index is 1770. The molecule has 0 spiro atoms. The van der Waals surface area contributed by atoms with Crippen molar-refractivity contribution < 1.29 is 27.9 Å². The molecule has 212 valence electrons. The molecule has 0 saturated heterocycles. The molecule has 41 heavy (non-hydrogen) atoms. The molecule has 0 bridgehead atoms. The van der Waals surface area contributed by atoms with Crippen LogP contribution in [0.4, 0.5) is 13.2 Å². The van der Waals surface area contributed by atoms with Crippen LogP contribution in [0.5, 0.6) is 0 Å². The summed E-state index contributed by atoms with van der Waals surface area (Å²) < 4.78 is 44.7. The minimum atomic E-state index is -4.77. The minimum Gasteiger partial charge on any atom is -0.480 e. The van der Waals surface area contributed by atoms with Crippen molar-refractivity contribution in [3.63, 3.8) is 0 Å². The Balaban J connectivity index is 1.62. The van der Waals surface area contributed by atoms with Gasteiger partial charge in [0.25, 0.3) is 11.5 Å². The van der Waals surface area contributed by atoms with Gasteiger partial charge in [-0.05, 0) is 54.2 Å². The first kappa shape index (κ1) is 28.6. The number of hydrogen-bond donors (Lipinski definition) is 2. The molecule has 2 aromatic carbocycles. The van der Waals surface area contributed by atoms with Gasteiger partial charge in [0.05, 0.1) is 32.3 Å². The number of nitrogens with one attached hydrogen (secondary N) is 1. The number of pyridine rings is 2. The number of rotatable bonds is 6. The molecular formula is C29H22Cl2F3N3O4. The van der Waals surface area contributed by atoms with Crippen molar-refractivity contribution >= 4 is 46.0 Å². The van der Waals surface area contributed by atoms with E-state index in [0.717, 1.165) is 0 Å². The second kappa shape index (κ2) is 10.8. The van der Waals surface area contributed by atoms with Crippen LogP contribution < -0.4 is 10.9 Å². The fourth-order valence-electron chi connectivity index (χ4n) is 5.46. The topological polar surface area (TPSA) is 101 Å². The largest absolute Gasteiger partial charge is 0.480 e. The zero-order valence-corrected chi connectivity index (χ0v) is 23.0. The predicted molar refractivity (Wildman–Crippen MR) is 149 cm³/mol. The van der Waals surface area contributed by atoms with Gasteiger partial charge in [0.15, 0.2) is 0 Å². The van der Waals surface area contributed by atoms with Crippen molar-refractivity contribution in [1.29, 1.82) is 0 Å². The molecule has 1 unspecified atom stereocenters. The Morgan fingerprint density at radius 2 is 1.80 bits per heavy atom. The van der Waals surface area contributed by atoms with Crippen molar-refractivity contribution in [2.24, 2.45) is 7.05 Å². The zero-order valence-electron chi connectivity index (χ0n) is 21.5. The molecule has 2 N–H and O–H groups in total. The molecule has 1 aliphatic carbocycles. The van der Waals surface area contributed by atoms with E-state index in [2.05, 4.69) is 10.3 Å². The number of alkyl halides is 3. The van der Waals surface area contributed by atoms with Crippen molar-refractivity contribution in [1.82, 2.24) is 14.9 Å². The standard InChI is InChI=1S/C29H22Cl2F3N3O4/c1-37-21-9-2-5-17(21)24(29(32,33)34)22(27(37)39)15-11-10-14(25-16(15)6-4-12-35-25)13-20(28(40)41)36-26(38)23-18(30)7-3-8-19(23)31/h3-4,6-8,10-12,20H,2,5,9,13H2,1H3,(H,36,38)(H,40,41). The van der Waals surface area contributed by atoms with Crippen LogP contribution in [0.15, 0.2) is 53.5 Å². The van der Waals surface area contributed by atoms with Crippen LogP contribution >= 0.6 is 23.2 Å². The van der Waals surface area contributed by atoms with Gasteiger partial charge in [-0.25, -0.2) is 4.79 Å². The number of hydrogen-bond acceptors (Lipinski definition) is 4. The summed E-state index contributed by atoms with van der Waals surface area (Å²) in [6.07, 6.45) is -2.52. The van der Waals surface area contributed by atoms with Gasteiger partial charge in [-0.3, -0.25) is 14.6 Å². The molecule has 2 aromatic heterocycles. The van der Waals surface area contributed by atoms with E-state index >= 15 is 0 Å². The number of fused-ring (bicyclic) bond motifs is 2. The zero-order chi connectivity index (χ0) is 29.6. The van der Waals surface area contributed by atoms with Crippen LogP contribution in [0.25, 0.3) is 22.0 Å². The van der Waals surface area contributed by atoms with E-state index < -0.39 is 40.8 Å². The fourth-order valence-corrected chi connectivity index (χ4v) is 6.03. The van der Waals surface area contributed by atoms with Gasteiger partial charge in [-0.2, -0.15) is 13.2 Å². The minimum absolute atomic E-state index is 0.0343. The molecule has 0 radical (unpaired) electrons. The smallest absolute Gasteiger partial charge is 0.417 e. The van der Waals surface area contributed by atoms with Gasteiger partial charge in [0, 0.05) is 30.7 Å². The number of carbonyl (C=O) groups excluding carboxylic acids is 1. The van der Waals surface area contributed by atoms with Gasteiger partial charge in [0.2, 0.25) is 0 Å². The predicted octanol–water partition coefficient (Wildman–Crippen LogP) is 5.84. The fraction of sp³-hybridized carbons (Fsp3) is 0.241. The molecule has 12 heteroatoms. The van der Waals surface area contributed by atoms with Crippen molar-refractivity contribution in [3.8, 4) is 11.1 Å². The van der Waals surface area contributed by atoms with Crippen molar-refractivity contribution in [3.05, 3.63) is 97.0 Å². The summed E-state index contributed by atoms with van der Waals surface area (Å²) in [5, 5.41) is 12.6. The molecule has 1 amide bonds. The van der Waals surface area contributed by atoms with Gasteiger partial charge in [-0.1, -0.05) is 47.5 Å². The summed E-state index contributed by atoms with van der Waals surface area (Å²) >= 11 is 12.2. The maximum Gasteiger partial charge on any atom is 0.417 e.